The third-order valence-electron chi connectivity index (χ3n) is 9.15. The summed E-state index contributed by atoms with van der Waals surface area (Å²) in [6.45, 7) is 0. The number of benzene rings is 7. The quantitative estimate of drug-likeness (QED) is 0.197. The summed E-state index contributed by atoms with van der Waals surface area (Å²) in [5, 5.41) is 6.36. The molecule has 0 saturated heterocycles. The van der Waals surface area contributed by atoms with Crippen LogP contribution in [0.5, 0.6) is 0 Å². The number of hydrogen-bond acceptors (Lipinski definition) is 5. The molecule has 0 amide bonds. The molecule has 0 aliphatic rings. The second kappa shape index (κ2) is 10.5. The van der Waals surface area contributed by atoms with Crippen molar-refractivity contribution in [1.29, 1.82) is 0 Å². The second-order valence-electron chi connectivity index (χ2n) is 12.0. The Labute approximate surface area is 274 Å². The lowest BCUT2D eigenvalue weighted by Crippen LogP contribution is -2.01. The molecule has 0 aliphatic heterocycles. The Kier molecular flexibility index (Phi) is 5.81. The summed E-state index contributed by atoms with van der Waals surface area (Å²) in [6, 6.07) is 51.6. The molecule has 0 fully saturated rings. The zero-order chi connectivity index (χ0) is 31.6. The maximum atomic E-state index is 6.67. The fourth-order valence-corrected chi connectivity index (χ4v) is 6.89. The normalized spacial score (nSPS) is 11.8. The van der Waals surface area contributed by atoms with Gasteiger partial charge in [0.2, 0.25) is 0 Å². The standard InChI is InChI=1S/C43H25N3O2/c1-2-12-27(13-3-1)41-44-42(32-18-10-14-26-11-4-5-15-29(26)32)46-43(45-41)34-23-22-30(40-39(34)33-17-7-9-20-37(33)48-40)28-21-24-38-35(25-28)31-16-6-8-19-36(31)47-38/h1-25H. The van der Waals surface area contributed by atoms with Crippen LogP contribution in [0.1, 0.15) is 0 Å². The van der Waals surface area contributed by atoms with Crippen molar-refractivity contribution in [2.24, 2.45) is 0 Å². The molecule has 5 nitrogen and oxygen atoms in total. The minimum absolute atomic E-state index is 0.589. The average Bonchev–Trinajstić information content (AvgIpc) is 3.73. The molecular weight excluding hydrogens is 590 g/mol. The Hall–Kier alpha value is -6.59. The topological polar surface area (TPSA) is 65.0 Å². The molecule has 0 bridgehead atoms. The summed E-state index contributed by atoms with van der Waals surface area (Å²) in [6.07, 6.45) is 0. The molecule has 0 spiro atoms. The molecule has 0 atom stereocenters. The van der Waals surface area contributed by atoms with E-state index >= 15 is 0 Å². The van der Waals surface area contributed by atoms with E-state index in [-0.39, 0.29) is 0 Å². The SMILES string of the molecule is c1ccc(-c2nc(-c3cccc4ccccc34)nc(-c3ccc(-c4ccc5oc6ccccc6c5c4)c4oc5ccccc5c34)n2)cc1. The molecule has 5 heteroatoms. The van der Waals surface area contributed by atoms with Gasteiger partial charge in [-0.3, -0.25) is 0 Å². The van der Waals surface area contributed by atoms with Crippen molar-refractivity contribution >= 4 is 54.6 Å². The van der Waals surface area contributed by atoms with Crippen LogP contribution in [0.15, 0.2) is 160 Å². The lowest BCUT2D eigenvalue weighted by molar-refractivity contribution is 0.668. The molecule has 7 aromatic carbocycles. The van der Waals surface area contributed by atoms with Crippen molar-refractivity contribution in [2.45, 2.75) is 0 Å². The number of aromatic nitrogens is 3. The molecular formula is C43H25N3O2. The van der Waals surface area contributed by atoms with E-state index in [4.69, 9.17) is 23.8 Å². The monoisotopic (exact) mass is 615 g/mol. The molecule has 0 unspecified atom stereocenters. The van der Waals surface area contributed by atoms with Gasteiger partial charge < -0.3 is 8.83 Å². The first-order valence-electron chi connectivity index (χ1n) is 15.9. The van der Waals surface area contributed by atoms with Gasteiger partial charge in [-0.2, -0.15) is 0 Å². The van der Waals surface area contributed by atoms with E-state index in [0.717, 1.165) is 82.5 Å². The Bertz CT molecular complexity index is 2840. The Morgan fingerprint density at radius 2 is 0.979 bits per heavy atom. The van der Waals surface area contributed by atoms with E-state index < -0.39 is 0 Å². The van der Waals surface area contributed by atoms with Crippen LogP contribution in [0.2, 0.25) is 0 Å². The van der Waals surface area contributed by atoms with Crippen LogP contribution >= 0.6 is 0 Å². The van der Waals surface area contributed by atoms with Crippen LogP contribution < -0.4 is 0 Å². The first-order valence-corrected chi connectivity index (χ1v) is 15.9. The van der Waals surface area contributed by atoms with Crippen molar-refractivity contribution in [3.8, 4) is 45.3 Å². The van der Waals surface area contributed by atoms with Gasteiger partial charge in [-0.15, -0.1) is 0 Å². The lowest BCUT2D eigenvalue weighted by Gasteiger charge is -2.12. The van der Waals surface area contributed by atoms with Gasteiger partial charge in [-0.05, 0) is 52.7 Å². The fraction of sp³-hybridized carbons (Fsp3) is 0. The summed E-state index contributed by atoms with van der Waals surface area (Å²) in [7, 11) is 0. The molecule has 0 saturated carbocycles. The van der Waals surface area contributed by atoms with Gasteiger partial charge in [0.25, 0.3) is 0 Å². The molecule has 0 N–H and O–H groups in total. The Morgan fingerprint density at radius 3 is 1.83 bits per heavy atom. The second-order valence-corrected chi connectivity index (χ2v) is 12.0. The van der Waals surface area contributed by atoms with E-state index in [1.165, 1.54) is 0 Å². The average molecular weight is 616 g/mol. The van der Waals surface area contributed by atoms with E-state index in [0.29, 0.717) is 17.5 Å². The molecule has 0 radical (unpaired) electrons. The highest BCUT2D eigenvalue weighted by Gasteiger charge is 2.21. The maximum Gasteiger partial charge on any atom is 0.164 e. The predicted molar refractivity (Wildman–Crippen MR) is 194 cm³/mol. The summed E-state index contributed by atoms with van der Waals surface area (Å²) >= 11 is 0. The van der Waals surface area contributed by atoms with Crippen molar-refractivity contribution in [3.63, 3.8) is 0 Å². The highest BCUT2D eigenvalue weighted by molar-refractivity contribution is 6.16. The number of fused-ring (bicyclic) bond motifs is 7. The molecule has 3 aromatic heterocycles. The molecule has 3 heterocycles. The van der Waals surface area contributed by atoms with Crippen LogP contribution in [0.4, 0.5) is 0 Å². The third-order valence-corrected chi connectivity index (χ3v) is 9.15. The van der Waals surface area contributed by atoms with E-state index in [1.807, 2.05) is 72.8 Å². The van der Waals surface area contributed by atoms with Gasteiger partial charge in [-0.1, -0.05) is 115 Å². The van der Waals surface area contributed by atoms with Gasteiger partial charge >= 0.3 is 0 Å². The van der Waals surface area contributed by atoms with Gasteiger partial charge in [-0.25, -0.2) is 15.0 Å². The lowest BCUT2D eigenvalue weighted by atomic mass is 9.97. The van der Waals surface area contributed by atoms with Crippen molar-refractivity contribution < 1.29 is 8.83 Å². The van der Waals surface area contributed by atoms with E-state index in [2.05, 4.69) is 78.9 Å². The predicted octanol–water partition coefficient (Wildman–Crippen LogP) is 11.5. The highest BCUT2D eigenvalue weighted by atomic mass is 16.3. The van der Waals surface area contributed by atoms with Crippen LogP contribution in [0, 0.1) is 0 Å². The van der Waals surface area contributed by atoms with Crippen LogP contribution in [0.3, 0.4) is 0 Å². The van der Waals surface area contributed by atoms with Crippen LogP contribution in [0.25, 0.3) is 99.9 Å². The number of rotatable bonds is 4. The number of hydrogen-bond donors (Lipinski definition) is 0. The largest absolute Gasteiger partial charge is 0.456 e. The first kappa shape index (κ1) is 26.6. The van der Waals surface area contributed by atoms with Crippen LogP contribution in [-0.2, 0) is 0 Å². The fourth-order valence-electron chi connectivity index (χ4n) is 6.89. The smallest absolute Gasteiger partial charge is 0.164 e. The number of nitrogens with zero attached hydrogens (tertiary/aromatic N) is 3. The van der Waals surface area contributed by atoms with Gasteiger partial charge in [0.05, 0.1) is 0 Å². The minimum Gasteiger partial charge on any atom is -0.456 e. The van der Waals surface area contributed by atoms with Gasteiger partial charge in [0.1, 0.15) is 22.3 Å². The zero-order valence-corrected chi connectivity index (χ0v) is 25.6. The van der Waals surface area contributed by atoms with Crippen molar-refractivity contribution in [3.05, 3.63) is 152 Å². The number of furan rings is 2. The summed E-state index contributed by atoms with van der Waals surface area (Å²) in [5.41, 5.74) is 8.13. The molecule has 10 aromatic rings. The van der Waals surface area contributed by atoms with Gasteiger partial charge in [0, 0.05) is 43.8 Å². The number of para-hydroxylation sites is 2. The van der Waals surface area contributed by atoms with Gasteiger partial charge in [0.15, 0.2) is 17.5 Å². The van der Waals surface area contributed by atoms with E-state index in [1.54, 1.807) is 0 Å². The first-order chi connectivity index (χ1) is 23.8. The Morgan fingerprint density at radius 1 is 0.354 bits per heavy atom. The van der Waals surface area contributed by atoms with E-state index in [9.17, 15) is 0 Å². The van der Waals surface area contributed by atoms with Crippen molar-refractivity contribution in [1.82, 2.24) is 15.0 Å². The summed E-state index contributed by atoms with van der Waals surface area (Å²) in [4.78, 5) is 15.3. The van der Waals surface area contributed by atoms with Crippen molar-refractivity contribution in [2.75, 3.05) is 0 Å². The molecule has 48 heavy (non-hydrogen) atoms. The highest BCUT2D eigenvalue weighted by Crippen LogP contribution is 2.43. The van der Waals surface area contributed by atoms with Crippen LogP contribution in [-0.4, -0.2) is 15.0 Å². The Balaban J connectivity index is 1.24. The maximum absolute atomic E-state index is 6.67. The summed E-state index contributed by atoms with van der Waals surface area (Å²) < 4.78 is 12.8. The molecule has 10 rings (SSSR count). The third kappa shape index (κ3) is 4.15. The zero-order valence-electron chi connectivity index (χ0n) is 25.6. The summed E-state index contributed by atoms with van der Waals surface area (Å²) in [5.74, 6) is 1.83. The molecule has 0 aliphatic carbocycles. The minimum atomic E-state index is 0.589. The molecule has 224 valence electrons.